The summed E-state index contributed by atoms with van der Waals surface area (Å²) in [5.41, 5.74) is 18.0. The van der Waals surface area contributed by atoms with E-state index in [2.05, 4.69) is 157 Å². The molecule has 9 aromatic rings. The van der Waals surface area contributed by atoms with Crippen LogP contribution in [0.25, 0.3) is 55.0 Å². The minimum Gasteiger partial charge on any atom is -0.456 e. The minimum atomic E-state index is -0.0543. The van der Waals surface area contributed by atoms with Crippen LogP contribution in [-0.2, 0) is 5.41 Å². The summed E-state index contributed by atoms with van der Waals surface area (Å²) in [7, 11) is 0. The van der Waals surface area contributed by atoms with Gasteiger partial charge in [0.15, 0.2) is 0 Å². The lowest BCUT2D eigenvalue weighted by atomic mass is 9.37. The molecule has 2 unspecified atom stereocenters. The standard InChI is InChI=1S/C50H37BN2O2/c1-49-23-11-12-24-50(49,2)53(41-18-8-6-16-38(41)49)31-26-37-32-13-3-7-17-39(32)51-40-29-47-36(34-15-5-10-20-45(34)55-47)28-42(40)52(43(27-31)48(37)51)30-21-22-46-35(25-30)33-14-4-9-19-44(33)54-46/h3-10,13-22,25-29H,11-12,23-24H2,1-2H3. The monoisotopic (exact) mass is 708 g/mol. The van der Waals surface area contributed by atoms with Crippen molar-refractivity contribution in [2.24, 2.45) is 0 Å². The van der Waals surface area contributed by atoms with Crippen molar-refractivity contribution in [1.82, 2.24) is 0 Å². The smallest absolute Gasteiger partial charge is 0.248 e. The number of hydrogen-bond donors (Lipinski definition) is 0. The Morgan fingerprint density at radius 1 is 0.509 bits per heavy atom. The fourth-order valence-electron chi connectivity index (χ4n) is 11.5. The van der Waals surface area contributed by atoms with Gasteiger partial charge in [-0.2, -0.15) is 0 Å². The molecule has 1 fully saturated rings. The molecule has 0 spiro atoms. The van der Waals surface area contributed by atoms with Crippen molar-refractivity contribution >= 4 is 95.4 Å². The van der Waals surface area contributed by atoms with Crippen LogP contribution >= 0.6 is 0 Å². The number of furan rings is 2. The molecule has 5 heterocycles. The van der Waals surface area contributed by atoms with Crippen molar-refractivity contribution in [3.05, 3.63) is 145 Å². The van der Waals surface area contributed by atoms with Crippen molar-refractivity contribution in [2.45, 2.75) is 50.5 Å². The summed E-state index contributed by atoms with van der Waals surface area (Å²) >= 11 is 0. The van der Waals surface area contributed by atoms with E-state index in [1.165, 1.54) is 75.1 Å². The molecule has 5 heteroatoms. The summed E-state index contributed by atoms with van der Waals surface area (Å²) < 4.78 is 13.0. The highest BCUT2D eigenvalue weighted by molar-refractivity contribution is 7.01. The predicted molar refractivity (Wildman–Crippen MR) is 229 cm³/mol. The lowest BCUT2D eigenvalue weighted by Crippen LogP contribution is -2.55. The molecule has 55 heavy (non-hydrogen) atoms. The first-order chi connectivity index (χ1) is 27.0. The minimum absolute atomic E-state index is 0.0543. The van der Waals surface area contributed by atoms with E-state index in [1.54, 1.807) is 0 Å². The van der Waals surface area contributed by atoms with Gasteiger partial charge in [0, 0.05) is 55.4 Å². The molecular formula is C50H37BN2O2. The van der Waals surface area contributed by atoms with Crippen LogP contribution in [0.15, 0.2) is 148 Å². The molecule has 0 bridgehead atoms. The molecule has 0 saturated heterocycles. The van der Waals surface area contributed by atoms with Crippen molar-refractivity contribution in [3.8, 4) is 11.1 Å². The van der Waals surface area contributed by atoms with Gasteiger partial charge >= 0.3 is 0 Å². The van der Waals surface area contributed by atoms with Crippen LogP contribution in [0.5, 0.6) is 0 Å². The van der Waals surface area contributed by atoms with Crippen LogP contribution in [0.1, 0.15) is 45.1 Å². The van der Waals surface area contributed by atoms with Gasteiger partial charge < -0.3 is 18.6 Å². The summed E-state index contributed by atoms with van der Waals surface area (Å²) in [6, 6.07) is 51.7. The summed E-state index contributed by atoms with van der Waals surface area (Å²) in [5, 5.41) is 4.54. The van der Waals surface area contributed by atoms with Crippen LogP contribution in [-0.4, -0.2) is 12.3 Å². The van der Waals surface area contributed by atoms with E-state index in [1.807, 2.05) is 6.07 Å². The lowest BCUT2D eigenvalue weighted by Gasteiger charge is -2.50. The van der Waals surface area contributed by atoms with E-state index in [9.17, 15) is 0 Å². The van der Waals surface area contributed by atoms with E-state index in [0.29, 0.717) is 0 Å². The maximum Gasteiger partial charge on any atom is 0.248 e. The van der Waals surface area contributed by atoms with Gasteiger partial charge in [-0.3, -0.25) is 0 Å². The number of anilines is 5. The number of rotatable bonds is 2. The number of fused-ring (bicyclic) bond motifs is 14. The molecule has 7 aromatic carbocycles. The van der Waals surface area contributed by atoms with E-state index in [4.69, 9.17) is 8.83 Å². The van der Waals surface area contributed by atoms with Crippen LogP contribution in [0, 0.1) is 0 Å². The van der Waals surface area contributed by atoms with E-state index >= 15 is 0 Å². The summed E-state index contributed by atoms with van der Waals surface area (Å²) in [6.45, 7) is 5.15. The van der Waals surface area contributed by atoms with Gasteiger partial charge in [-0.25, -0.2) is 0 Å². The van der Waals surface area contributed by atoms with Crippen LogP contribution in [0.3, 0.4) is 0 Å². The summed E-state index contributed by atoms with van der Waals surface area (Å²) in [4.78, 5) is 5.29. The van der Waals surface area contributed by atoms with Crippen LogP contribution in [0.4, 0.5) is 28.4 Å². The number of para-hydroxylation sites is 3. The van der Waals surface area contributed by atoms with E-state index in [0.717, 1.165) is 56.0 Å². The average Bonchev–Trinajstić information content (AvgIpc) is 3.93. The molecule has 1 aliphatic carbocycles. The highest BCUT2D eigenvalue weighted by Gasteiger charge is 2.58. The molecular weight excluding hydrogens is 671 g/mol. The van der Waals surface area contributed by atoms with Gasteiger partial charge in [0.05, 0.1) is 5.54 Å². The Bertz CT molecular complexity index is 3140. The Morgan fingerprint density at radius 3 is 2.05 bits per heavy atom. The number of hydrogen-bond acceptors (Lipinski definition) is 4. The van der Waals surface area contributed by atoms with Crippen LogP contribution < -0.4 is 26.2 Å². The highest BCUT2D eigenvalue weighted by atomic mass is 16.3. The zero-order valence-corrected chi connectivity index (χ0v) is 30.9. The molecule has 4 aliphatic rings. The fourth-order valence-corrected chi connectivity index (χ4v) is 11.5. The first-order valence-electron chi connectivity index (χ1n) is 19.8. The fraction of sp³-hybridized carbons (Fsp3) is 0.160. The first kappa shape index (κ1) is 30.2. The van der Waals surface area contributed by atoms with Crippen molar-refractivity contribution in [2.75, 3.05) is 9.80 Å². The lowest BCUT2D eigenvalue weighted by molar-refractivity contribution is 0.195. The third-order valence-electron chi connectivity index (χ3n) is 14.2. The average molecular weight is 709 g/mol. The molecule has 0 amide bonds. The second kappa shape index (κ2) is 10.3. The van der Waals surface area contributed by atoms with Gasteiger partial charge in [-0.15, -0.1) is 0 Å². The third-order valence-corrected chi connectivity index (χ3v) is 14.2. The molecule has 2 atom stereocenters. The second-order valence-electron chi connectivity index (χ2n) is 16.7. The predicted octanol–water partition coefficient (Wildman–Crippen LogP) is 11.5. The van der Waals surface area contributed by atoms with Crippen molar-refractivity contribution in [3.63, 3.8) is 0 Å². The Hall–Kier alpha value is -6.20. The molecule has 2 aromatic heterocycles. The topological polar surface area (TPSA) is 32.8 Å². The molecule has 262 valence electrons. The first-order valence-corrected chi connectivity index (χ1v) is 19.8. The summed E-state index contributed by atoms with van der Waals surface area (Å²) in [5.74, 6) is 0. The van der Waals surface area contributed by atoms with Crippen LogP contribution in [0.2, 0.25) is 0 Å². The largest absolute Gasteiger partial charge is 0.456 e. The second-order valence-corrected chi connectivity index (χ2v) is 16.7. The van der Waals surface area contributed by atoms with E-state index in [-0.39, 0.29) is 17.7 Å². The van der Waals surface area contributed by atoms with Gasteiger partial charge in [-0.1, -0.05) is 104 Å². The van der Waals surface area contributed by atoms with Gasteiger partial charge in [0.1, 0.15) is 22.3 Å². The molecule has 4 nitrogen and oxygen atoms in total. The van der Waals surface area contributed by atoms with Gasteiger partial charge in [-0.05, 0) is 108 Å². The molecule has 0 N–H and O–H groups in total. The molecule has 0 radical (unpaired) electrons. The van der Waals surface area contributed by atoms with Gasteiger partial charge in [0.2, 0.25) is 6.71 Å². The SMILES string of the molecule is CC12CCCCC1(C)N(c1cc3c4c(c1)N(c1ccc5oc6ccccc6c5c1)c1cc5c(cc1B4c1ccccc1-3)oc1ccccc15)c1ccccc12. The van der Waals surface area contributed by atoms with Crippen molar-refractivity contribution in [1.29, 1.82) is 0 Å². The number of benzene rings is 7. The molecule has 3 aliphatic heterocycles. The quantitative estimate of drug-likeness (QED) is 0.167. The zero-order valence-electron chi connectivity index (χ0n) is 30.9. The zero-order chi connectivity index (χ0) is 36.2. The summed E-state index contributed by atoms with van der Waals surface area (Å²) in [6.07, 6.45) is 4.87. The van der Waals surface area contributed by atoms with Gasteiger partial charge in [0.25, 0.3) is 0 Å². The van der Waals surface area contributed by atoms with Crippen molar-refractivity contribution < 1.29 is 8.83 Å². The van der Waals surface area contributed by atoms with E-state index < -0.39 is 0 Å². The maximum atomic E-state index is 6.59. The Balaban J connectivity index is 1.14. The number of nitrogens with zero attached hydrogens (tertiary/aromatic N) is 2. The Morgan fingerprint density at radius 2 is 1.20 bits per heavy atom. The maximum absolute atomic E-state index is 6.59. The molecule has 13 rings (SSSR count). The Kier molecular flexibility index (Phi) is 5.65. The third kappa shape index (κ3) is 3.69. The highest BCUT2D eigenvalue weighted by Crippen LogP contribution is 2.61. The Labute approximate surface area is 319 Å². The normalized spacial score (nSPS) is 20.7. The molecule has 1 saturated carbocycles.